The molecule has 1 unspecified atom stereocenters. The van der Waals surface area contributed by atoms with E-state index in [-0.39, 0.29) is 44.6 Å². The maximum Gasteiger partial charge on any atom is 0.422 e. The lowest BCUT2D eigenvalue weighted by molar-refractivity contribution is -0.190. The topological polar surface area (TPSA) is 43.4 Å². The number of allylic oxidation sites excluding steroid dienone is 1. The maximum absolute atomic E-state index is 14.9. The van der Waals surface area contributed by atoms with Crippen LogP contribution >= 0.6 is 46.4 Å². The lowest BCUT2D eigenvalue weighted by Crippen LogP contribution is -2.27. The molecule has 0 bridgehead atoms. The zero-order valence-corrected chi connectivity index (χ0v) is 21.8. The molecule has 206 valence electrons. The normalized spacial score (nSPS) is 16.2. The quantitative estimate of drug-likeness (QED) is 0.127. The van der Waals surface area contributed by atoms with Gasteiger partial charge in [0.1, 0.15) is 11.7 Å². The molecule has 14 heteroatoms. The van der Waals surface area contributed by atoms with Gasteiger partial charge >= 0.3 is 18.3 Å². The second kappa shape index (κ2) is 11.2. The van der Waals surface area contributed by atoms with Crippen LogP contribution < -0.4 is 0 Å². The van der Waals surface area contributed by atoms with Gasteiger partial charge in [0.05, 0.1) is 25.5 Å². The van der Waals surface area contributed by atoms with E-state index in [2.05, 4.69) is 4.74 Å². The Morgan fingerprint density at radius 1 is 0.947 bits per heavy atom. The Balaban J connectivity index is 1.82. The van der Waals surface area contributed by atoms with Gasteiger partial charge in [0, 0.05) is 17.5 Å². The van der Waals surface area contributed by atoms with E-state index in [1.54, 1.807) is 0 Å². The molecule has 1 saturated carbocycles. The van der Waals surface area contributed by atoms with Crippen LogP contribution in [0.15, 0.2) is 36.4 Å². The summed E-state index contributed by atoms with van der Waals surface area (Å²) in [6.45, 7) is -1.80. The largest absolute Gasteiger partial charge is 0.456 e. The molecule has 3 rings (SSSR count). The Kier molecular flexibility index (Phi) is 9.02. The minimum absolute atomic E-state index is 0.125. The minimum atomic E-state index is -4.95. The zero-order chi connectivity index (χ0) is 28.6. The highest BCUT2D eigenvalue weighted by atomic mass is 35.5. The number of benzene rings is 2. The maximum atomic E-state index is 14.9. The molecule has 0 heterocycles. The average Bonchev–Trinajstić information content (AvgIpc) is 3.58. The Morgan fingerprint density at radius 2 is 1.53 bits per heavy atom. The van der Waals surface area contributed by atoms with Crippen molar-refractivity contribution in [2.45, 2.75) is 37.5 Å². The van der Waals surface area contributed by atoms with E-state index in [9.17, 15) is 40.3 Å². The predicted molar refractivity (Wildman–Crippen MR) is 128 cm³/mol. The van der Waals surface area contributed by atoms with Crippen LogP contribution in [0.2, 0.25) is 20.1 Å². The van der Waals surface area contributed by atoms with Gasteiger partial charge in [0.2, 0.25) is 0 Å². The Labute approximate surface area is 231 Å². The Morgan fingerprint density at radius 3 is 2.00 bits per heavy atom. The molecule has 0 amide bonds. The molecular formula is C24H15Cl4F7O3. The summed E-state index contributed by atoms with van der Waals surface area (Å²) in [6, 6.07) is 4.77. The first-order chi connectivity index (χ1) is 17.4. The average molecular weight is 626 g/mol. The Hall–Kier alpha value is -2.01. The molecule has 0 aromatic heterocycles. The van der Waals surface area contributed by atoms with Crippen LogP contribution in [0.3, 0.4) is 0 Å². The molecule has 1 aliphatic rings. The third-order valence-corrected chi connectivity index (χ3v) is 7.24. The van der Waals surface area contributed by atoms with Crippen molar-refractivity contribution in [2.75, 3.05) is 6.61 Å². The van der Waals surface area contributed by atoms with Gasteiger partial charge in [0.25, 0.3) is 0 Å². The number of hydrogen-bond donors (Lipinski definition) is 0. The summed E-state index contributed by atoms with van der Waals surface area (Å²) in [5.41, 5.74) is -2.48. The molecule has 1 aliphatic carbocycles. The number of Topliss-reactive ketones (excluding diaryl/α,β-unsaturated/α-hetero) is 1. The van der Waals surface area contributed by atoms with Gasteiger partial charge in [-0.25, -0.2) is 4.39 Å². The van der Waals surface area contributed by atoms with Crippen LogP contribution in [-0.2, 0) is 9.53 Å². The summed E-state index contributed by atoms with van der Waals surface area (Å²) >= 11 is 23.5. The van der Waals surface area contributed by atoms with Gasteiger partial charge in [0.15, 0.2) is 12.4 Å². The summed E-state index contributed by atoms with van der Waals surface area (Å²) in [5, 5.41) is -1.04. The number of carbonyl (C=O) groups excluding carboxylic acids is 2. The third kappa shape index (κ3) is 7.34. The van der Waals surface area contributed by atoms with Gasteiger partial charge in [-0.05, 0) is 48.7 Å². The van der Waals surface area contributed by atoms with E-state index in [1.165, 1.54) is 0 Å². The van der Waals surface area contributed by atoms with Gasteiger partial charge in [-0.2, -0.15) is 26.3 Å². The fourth-order valence-corrected chi connectivity index (χ4v) is 4.47. The molecular weight excluding hydrogens is 611 g/mol. The van der Waals surface area contributed by atoms with Crippen LogP contribution in [0.1, 0.15) is 46.7 Å². The second-order valence-corrected chi connectivity index (χ2v) is 10.2. The molecule has 0 N–H and O–H groups in total. The number of hydrogen-bond acceptors (Lipinski definition) is 3. The van der Waals surface area contributed by atoms with Gasteiger partial charge in [-0.15, -0.1) is 0 Å². The molecule has 2 aromatic carbocycles. The summed E-state index contributed by atoms with van der Waals surface area (Å²) in [7, 11) is 0. The van der Waals surface area contributed by atoms with E-state index >= 15 is 0 Å². The number of ketones is 1. The van der Waals surface area contributed by atoms with Crippen molar-refractivity contribution >= 4 is 64.0 Å². The highest BCUT2D eigenvalue weighted by Crippen LogP contribution is 2.51. The standard InChI is InChI=1S/C24H15Cl4F7O3/c25-15-5-11(18(29)8-14(24(33,34)35)12-6-16(26)20(28)17(27)7-12)1-2-13(15)19(36)9-22(3-4-22)21(37)38-10-23(30,31)32/h1-2,5-8,14H,3-4,9-10H2/b18-8-. The van der Waals surface area contributed by atoms with Crippen molar-refractivity contribution in [3.05, 3.63) is 73.2 Å². The van der Waals surface area contributed by atoms with Gasteiger partial charge < -0.3 is 4.74 Å². The van der Waals surface area contributed by atoms with Crippen molar-refractivity contribution in [3.63, 3.8) is 0 Å². The summed E-state index contributed by atoms with van der Waals surface area (Å²) in [4.78, 5) is 24.7. The smallest absolute Gasteiger partial charge is 0.422 e. The van der Waals surface area contributed by atoms with E-state index in [4.69, 9.17) is 46.4 Å². The summed E-state index contributed by atoms with van der Waals surface area (Å²) in [6.07, 6.45) is -9.66. The third-order valence-electron chi connectivity index (χ3n) is 5.73. The summed E-state index contributed by atoms with van der Waals surface area (Å²) < 4.78 is 97.4. The van der Waals surface area contributed by atoms with Crippen molar-refractivity contribution in [1.29, 1.82) is 0 Å². The lowest BCUT2D eigenvalue weighted by Gasteiger charge is -2.19. The van der Waals surface area contributed by atoms with Crippen LogP contribution in [-0.4, -0.2) is 30.7 Å². The molecule has 0 radical (unpaired) electrons. The zero-order valence-electron chi connectivity index (χ0n) is 18.8. The van der Waals surface area contributed by atoms with E-state index < -0.39 is 65.4 Å². The van der Waals surface area contributed by atoms with E-state index in [1.807, 2.05) is 0 Å². The predicted octanol–water partition coefficient (Wildman–Crippen LogP) is 9.42. The fourth-order valence-electron chi connectivity index (χ4n) is 3.57. The van der Waals surface area contributed by atoms with Crippen LogP contribution in [0.5, 0.6) is 0 Å². The number of alkyl halides is 6. The van der Waals surface area contributed by atoms with Crippen LogP contribution in [0, 0.1) is 5.41 Å². The number of rotatable bonds is 8. The SMILES string of the molecule is O=C(CC1(C(=O)OCC(F)(F)F)CC1)c1ccc(/C(F)=C/C(c2cc(Cl)c(Cl)c(Cl)c2)C(F)(F)F)cc1Cl. The highest BCUT2D eigenvalue weighted by molar-refractivity contribution is 6.48. The van der Waals surface area contributed by atoms with Crippen molar-refractivity contribution in [1.82, 2.24) is 0 Å². The Bertz CT molecular complexity index is 1260. The first-order valence-corrected chi connectivity index (χ1v) is 12.1. The number of ether oxygens (including phenoxy) is 1. The molecule has 38 heavy (non-hydrogen) atoms. The molecule has 2 aromatic rings. The first kappa shape index (κ1) is 30.5. The number of carbonyl (C=O) groups is 2. The minimum Gasteiger partial charge on any atom is -0.456 e. The molecule has 0 spiro atoms. The van der Waals surface area contributed by atoms with Gasteiger partial charge in [-0.3, -0.25) is 9.59 Å². The monoisotopic (exact) mass is 624 g/mol. The number of esters is 1. The van der Waals surface area contributed by atoms with Crippen molar-refractivity contribution < 1.29 is 45.1 Å². The fraction of sp³-hybridized carbons (Fsp3) is 0.333. The number of halogens is 11. The van der Waals surface area contributed by atoms with Crippen LogP contribution in [0.25, 0.3) is 5.83 Å². The van der Waals surface area contributed by atoms with E-state index in [0.717, 1.165) is 30.3 Å². The molecule has 1 atom stereocenters. The highest BCUT2D eigenvalue weighted by Gasteiger charge is 2.53. The lowest BCUT2D eigenvalue weighted by atomic mass is 9.94. The molecule has 0 aliphatic heterocycles. The van der Waals surface area contributed by atoms with Crippen molar-refractivity contribution in [3.8, 4) is 0 Å². The van der Waals surface area contributed by atoms with Gasteiger partial charge in [-0.1, -0.05) is 52.5 Å². The molecule has 1 fully saturated rings. The molecule has 0 saturated heterocycles. The summed E-state index contributed by atoms with van der Waals surface area (Å²) in [5.74, 6) is -5.70. The van der Waals surface area contributed by atoms with Crippen LogP contribution in [0.4, 0.5) is 30.7 Å². The molecule has 3 nitrogen and oxygen atoms in total. The van der Waals surface area contributed by atoms with E-state index in [0.29, 0.717) is 0 Å². The second-order valence-electron chi connectivity index (χ2n) is 8.60. The van der Waals surface area contributed by atoms with Crippen molar-refractivity contribution in [2.24, 2.45) is 5.41 Å². The first-order valence-electron chi connectivity index (χ1n) is 10.6.